The quantitative estimate of drug-likeness (QED) is 0.578. The van der Waals surface area contributed by atoms with E-state index in [1.807, 2.05) is 11.5 Å². The number of nitrogens with zero attached hydrogens (tertiary/aromatic N) is 1. The highest BCUT2D eigenvalue weighted by molar-refractivity contribution is 5.92. The van der Waals surface area contributed by atoms with Crippen molar-refractivity contribution in [2.45, 2.75) is 60.0 Å². The maximum absolute atomic E-state index is 13.2. The fourth-order valence-electron chi connectivity index (χ4n) is 4.61. The lowest BCUT2D eigenvalue weighted by Gasteiger charge is -2.36. The van der Waals surface area contributed by atoms with Crippen LogP contribution in [0.5, 0.6) is 0 Å². The Morgan fingerprint density at radius 1 is 1.16 bits per heavy atom. The summed E-state index contributed by atoms with van der Waals surface area (Å²) >= 11 is 0. The van der Waals surface area contributed by atoms with Crippen molar-refractivity contribution < 1.29 is 23.5 Å². The highest BCUT2D eigenvalue weighted by atomic mass is 19.1. The van der Waals surface area contributed by atoms with E-state index in [2.05, 4.69) is 20.8 Å². The molecule has 31 heavy (non-hydrogen) atoms. The zero-order valence-corrected chi connectivity index (χ0v) is 19.0. The van der Waals surface area contributed by atoms with Crippen molar-refractivity contribution in [2.75, 3.05) is 6.61 Å². The molecule has 1 aliphatic carbocycles. The maximum Gasteiger partial charge on any atom is 0.344 e. The molecular formula is C25H32FNO4. The number of hydrogen-bond donors (Lipinski definition) is 0. The van der Waals surface area contributed by atoms with Gasteiger partial charge in [0.25, 0.3) is 0 Å². The van der Waals surface area contributed by atoms with Gasteiger partial charge in [-0.15, -0.1) is 0 Å². The number of rotatable bonds is 6. The number of benzene rings is 1. The minimum absolute atomic E-state index is 0.126. The summed E-state index contributed by atoms with van der Waals surface area (Å²) in [5.74, 6) is -0.111. The molecule has 1 aliphatic rings. The van der Waals surface area contributed by atoms with Crippen LogP contribution >= 0.6 is 0 Å². The first kappa shape index (κ1) is 23.0. The van der Waals surface area contributed by atoms with Crippen LogP contribution in [0.4, 0.5) is 4.39 Å². The van der Waals surface area contributed by atoms with Crippen LogP contribution < -0.4 is 0 Å². The zero-order chi connectivity index (χ0) is 22.7. The number of carbonyl (C=O) groups excluding carboxylic acids is 2. The molecule has 3 rings (SSSR count). The van der Waals surface area contributed by atoms with E-state index in [4.69, 9.17) is 9.47 Å². The van der Waals surface area contributed by atoms with Crippen molar-refractivity contribution in [1.29, 1.82) is 0 Å². The predicted molar refractivity (Wildman–Crippen MR) is 117 cm³/mol. The van der Waals surface area contributed by atoms with Gasteiger partial charge in [0.1, 0.15) is 11.9 Å². The molecule has 5 nitrogen and oxygen atoms in total. The molecule has 1 saturated carbocycles. The van der Waals surface area contributed by atoms with Gasteiger partial charge in [-0.3, -0.25) is 0 Å². The summed E-state index contributed by atoms with van der Waals surface area (Å²) in [6.45, 7) is 9.72. The Morgan fingerprint density at radius 3 is 2.48 bits per heavy atom. The Morgan fingerprint density at radius 2 is 1.84 bits per heavy atom. The number of halogens is 1. The van der Waals surface area contributed by atoms with Crippen LogP contribution in [0.2, 0.25) is 0 Å². The average molecular weight is 430 g/mol. The van der Waals surface area contributed by atoms with Gasteiger partial charge in [0, 0.05) is 17.1 Å². The van der Waals surface area contributed by atoms with Gasteiger partial charge in [-0.1, -0.05) is 27.2 Å². The van der Waals surface area contributed by atoms with Crippen LogP contribution in [0.1, 0.15) is 61.8 Å². The molecule has 1 aromatic carbocycles. The molecule has 0 amide bonds. The lowest BCUT2D eigenvalue weighted by Crippen LogP contribution is -2.36. The van der Waals surface area contributed by atoms with Gasteiger partial charge in [0.15, 0.2) is 6.61 Å². The van der Waals surface area contributed by atoms with E-state index in [1.165, 1.54) is 12.1 Å². The third-order valence-corrected chi connectivity index (χ3v) is 6.30. The molecule has 3 atom stereocenters. The van der Waals surface area contributed by atoms with Crippen LogP contribution in [0, 0.1) is 37.4 Å². The van der Waals surface area contributed by atoms with E-state index in [1.54, 1.807) is 25.1 Å². The second-order valence-corrected chi connectivity index (χ2v) is 9.03. The van der Waals surface area contributed by atoms with Gasteiger partial charge in [-0.25, -0.2) is 14.0 Å². The molecule has 0 aliphatic heterocycles. The molecule has 0 unspecified atom stereocenters. The van der Waals surface area contributed by atoms with E-state index in [0.717, 1.165) is 30.6 Å². The molecule has 2 aromatic rings. The molecule has 168 valence electrons. The first-order valence-corrected chi connectivity index (χ1v) is 11.0. The molecule has 0 radical (unpaired) electrons. The Kier molecular flexibility index (Phi) is 7.19. The van der Waals surface area contributed by atoms with Crippen LogP contribution in [-0.4, -0.2) is 29.2 Å². The molecule has 0 spiro atoms. The van der Waals surface area contributed by atoms with Crippen molar-refractivity contribution in [3.05, 3.63) is 53.1 Å². The summed E-state index contributed by atoms with van der Waals surface area (Å²) in [4.78, 5) is 25.0. The number of aryl methyl sites for hydroxylation is 1. The van der Waals surface area contributed by atoms with Gasteiger partial charge in [0.2, 0.25) is 0 Å². The largest absolute Gasteiger partial charge is 0.460 e. The highest BCUT2D eigenvalue weighted by Crippen LogP contribution is 2.35. The van der Waals surface area contributed by atoms with Gasteiger partial charge in [0.05, 0.1) is 5.56 Å². The number of hydrogen-bond acceptors (Lipinski definition) is 4. The van der Waals surface area contributed by atoms with Gasteiger partial charge in [-0.2, -0.15) is 0 Å². The minimum Gasteiger partial charge on any atom is -0.460 e. The third-order valence-electron chi connectivity index (χ3n) is 6.30. The second kappa shape index (κ2) is 9.67. The Hall–Kier alpha value is -2.63. The Bertz CT molecular complexity index is 932. The molecule has 1 aromatic heterocycles. The molecule has 6 heteroatoms. The number of esters is 2. The van der Waals surface area contributed by atoms with Crippen molar-refractivity contribution in [3.8, 4) is 5.69 Å². The highest BCUT2D eigenvalue weighted by Gasteiger charge is 2.33. The number of aromatic nitrogens is 1. The van der Waals surface area contributed by atoms with E-state index in [0.29, 0.717) is 29.0 Å². The molecule has 0 bridgehead atoms. The summed E-state index contributed by atoms with van der Waals surface area (Å²) < 4.78 is 26.1. The fraction of sp³-hybridized carbons (Fsp3) is 0.520. The van der Waals surface area contributed by atoms with Gasteiger partial charge >= 0.3 is 11.9 Å². The maximum atomic E-state index is 13.2. The average Bonchev–Trinajstić information content (AvgIpc) is 3.01. The van der Waals surface area contributed by atoms with Gasteiger partial charge < -0.3 is 14.0 Å². The summed E-state index contributed by atoms with van der Waals surface area (Å²) in [6.07, 6.45) is 2.92. The van der Waals surface area contributed by atoms with Crippen LogP contribution in [0.25, 0.3) is 5.69 Å². The zero-order valence-electron chi connectivity index (χ0n) is 19.0. The minimum atomic E-state index is -0.573. The number of carbonyl (C=O) groups is 2. The smallest absolute Gasteiger partial charge is 0.344 e. The van der Waals surface area contributed by atoms with Crippen molar-refractivity contribution >= 4 is 11.9 Å². The SMILES string of the molecule is Cc1cc(C(=O)OCC(=O)O[C@H]2C[C@H](C)CC[C@@H]2C(C)C)c(C)n1-c1ccc(F)cc1. The van der Waals surface area contributed by atoms with Crippen LogP contribution in [0.3, 0.4) is 0 Å². The lowest BCUT2D eigenvalue weighted by molar-refractivity contribution is -0.159. The van der Waals surface area contributed by atoms with E-state index in [9.17, 15) is 14.0 Å². The van der Waals surface area contributed by atoms with E-state index in [-0.39, 0.29) is 11.9 Å². The van der Waals surface area contributed by atoms with Crippen molar-refractivity contribution in [1.82, 2.24) is 4.57 Å². The fourth-order valence-corrected chi connectivity index (χ4v) is 4.61. The molecule has 1 fully saturated rings. The van der Waals surface area contributed by atoms with E-state index < -0.39 is 18.5 Å². The topological polar surface area (TPSA) is 57.5 Å². The van der Waals surface area contributed by atoms with E-state index >= 15 is 0 Å². The molecule has 0 N–H and O–H groups in total. The normalized spacial score (nSPS) is 21.2. The summed E-state index contributed by atoms with van der Waals surface area (Å²) in [5.41, 5.74) is 2.61. The Balaban J connectivity index is 1.63. The number of ether oxygens (including phenoxy) is 2. The molecule has 0 saturated heterocycles. The van der Waals surface area contributed by atoms with Crippen LogP contribution in [-0.2, 0) is 14.3 Å². The summed E-state index contributed by atoms with van der Waals surface area (Å²) in [5, 5.41) is 0. The van der Waals surface area contributed by atoms with Crippen molar-refractivity contribution in [3.63, 3.8) is 0 Å². The Labute approximate surface area is 183 Å². The first-order chi connectivity index (χ1) is 14.7. The monoisotopic (exact) mass is 429 g/mol. The van der Waals surface area contributed by atoms with Crippen molar-refractivity contribution in [2.24, 2.45) is 17.8 Å². The molecular weight excluding hydrogens is 397 g/mol. The first-order valence-electron chi connectivity index (χ1n) is 11.0. The second-order valence-electron chi connectivity index (χ2n) is 9.03. The van der Waals surface area contributed by atoms with Gasteiger partial charge in [-0.05, 0) is 74.8 Å². The lowest BCUT2D eigenvalue weighted by atomic mass is 9.75. The summed E-state index contributed by atoms with van der Waals surface area (Å²) in [6, 6.07) is 7.76. The third kappa shape index (κ3) is 5.35. The predicted octanol–water partition coefficient (Wildman–Crippen LogP) is 5.39. The molecule has 1 heterocycles. The standard InChI is InChI=1S/C25H32FNO4/c1-15(2)21-11-6-16(3)12-23(21)31-24(28)14-30-25(29)22-13-17(4)27(18(22)5)20-9-7-19(26)8-10-20/h7-10,13,15-16,21,23H,6,11-12,14H2,1-5H3/t16-,21-,23+/m1/s1. The van der Waals surface area contributed by atoms with Crippen LogP contribution in [0.15, 0.2) is 30.3 Å². The summed E-state index contributed by atoms with van der Waals surface area (Å²) in [7, 11) is 0.